The van der Waals surface area contributed by atoms with Crippen LogP contribution in [0.3, 0.4) is 0 Å². The molecule has 0 aliphatic carbocycles. The van der Waals surface area contributed by atoms with Gasteiger partial charge in [-0.3, -0.25) is 0 Å². The highest BCUT2D eigenvalue weighted by Crippen LogP contribution is 2.48. The first-order valence-corrected chi connectivity index (χ1v) is 33.7. The Morgan fingerprint density at radius 2 is 0.250 bits per heavy atom. The molecule has 0 saturated heterocycles. The highest BCUT2D eigenvalue weighted by atomic mass is 14.2. The molecule has 0 unspecified atom stereocenters. The van der Waals surface area contributed by atoms with Crippen molar-refractivity contribution in [1.82, 2.24) is 0 Å². The van der Waals surface area contributed by atoms with Gasteiger partial charge in [0.05, 0.1) is 0 Å². The molecule has 0 saturated carbocycles. The summed E-state index contributed by atoms with van der Waals surface area (Å²) in [6.45, 7) is 0. The summed E-state index contributed by atoms with van der Waals surface area (Å²) < 4.78 is 0. The summed E-state index contributed by atoms with van der Waals surface area (Å²) in [4.78, 5) is 0. The molecule has 0 aliphatic rings. The van der Waals surface area contributed by atoms with Crippen LogP contribution < -0.4 is 0 Å². The molecule has 0 nitrogen and oxygen atoms in total. The Morgan fingerprint density at radius 3 is 0.469 bits per heavy atom. The van der Waals surface area contributed by atoms with Crippen LogP contribution in [0.4, 0.5) is 0 Å². The van der Waals surface area contributed by atoms with Gasteiger partial charge in [0.2, 0.25) is 0 Å². The highest BCUT2D eigenvalue weighted by molar-refractivity contribution is 6.32. The lowest BCUT2D eigenvalue weighted by atomic mass is 9.86. The van der Waals surface area contributed by atoms with Crippen LogP contribution in [0.1, 0.15) is 0 Å². The summed E-state index contributed by atoms with van der Waals surface area (Å²) in [5, 5.41) is 47.6. The first-order valence-electron chi connectivity index (χ1n) is 33.7. The highest BCUT2D eigenvalue weighted by Gasteiger charge is 2.21. The van der Waals surface area contributed by atoms with Crippen molar-refractivity contribution in [2.24, 2.45) is 0 Å². The molecule has 24 aromatic carbocycles. The van der Waals surface area contributed by atoms with E-state index in [1.165, 1.54) is 238 Å². The number of benzene rings is 24. The van der Waals surface area contributed by atoms with Gasteiger partial charge in [-0.2, -0.15) is 0 Å². The molecule has 96 heavy (non-hydrogen) atoms. The van der Waals surface area contributed by atoms with Crippen molar-refractivity contribution in [2.45, 2.75) is 0 Å². The quantitative estimate of drug-likeness (QED) is 0.154. The normalized spacial score (nSPS) is 12.6. The maximum atomic E-state index is 2.40. The maximum Gasteiger partial charge on any atom is -0.00206 e. The van der Waals surface area contributed by atoms with Gasteiger partial charge >= 0.3 is 0 Å². The molecule has 0 amide bonds. The maximum absolute atomic E-state index is 2.40. The second kappa shape index (κ2) is 18.6. The summed E-state index contributed by atoms with van der Waals surface area (Å²) in [6, 6.07) is 120. The molecule has 0 atom stereocenters. The Balaban J connectivity index is 0.000000121. The zero-order valence-electron chi connectivity index (χ0n) is 52.0. The lowest BCUT2D eigenvalue weighted by Crippen LogP contribution is -1.90. The number of rotatable bonds is 4. The van der Waals surface area contributed by atoms with Crippen molar-refractivity contribution < 1.29 is 0 Å². The molecule has 0 fully saturated rings. The third kappa shape index (κ3) is 7.06. The number of hydrogen-bond acceptors (Lipinski definition) is 0. The van der Waals surface area contributed by atoms with Crippen molar-refractivity contribution in [2.75, 3.05) is 0 Å². The molecular formula is C96H52. The zero-order valence-corrected chi connectivity index (χ0v) is 52.0. The van der Waals surface area contributed by atoms with Crippen LogP contribution in [0, 0.1) is 0 Å². The summed E-state index contributed by atoms with van der Waals surface area (Å²) in [6.07, 6.45) is 0. The first kappa shape index (κ1) is 51.1. The monoisotopic (exact) mass is 1200 g/mol. The summed E-state index contributed by atoms with van der Waals surface area (Å²) in [5.41, 5.74) is 10.2. The molecule has 0 bridgehead atoms. The molecule has 436 valence electrons. The van der Waals surface area contributed by atoms with Gasteiger partial charge in [-0.1, -0.05) is 243 Å². The van der Waals surface area contributed by atoms with E-state index in [1.54, 1.807) is 0 Å². The molecule has 24 aromatic rings. The molecule has 0 radical (unpaired) electrons. The van der Waals surface area contributed by atoms with Gasteiger partial charge in [-0.15, -0.1) is 0 Å². The van der Waals surface area contributed by atoms with Crippen LogP contribution in [0.2, 0.25) is 0 Å². The SMILES string of the molecule is c1cc2ccc3cc(-c4cc5ccc6cc(-c7cc8ccc9cccc%10ccc(c7)c8c9%10)cc7ccc(c4)c5c67)cc4ccc(c1)c2c34.c1cc2ccc3ccc(-c4cc5ccc6cc(-c7ccc8ccc9cccc%10ccc7c8c9%10)cc7ccc(c4)c5c67)c4ccc(c1)c2c34. The predicted molar refractivity (Wildman–Crippen MR) is 417 cm³/mol. The van der Waals surface area contributed by atoms with Gasteiger partial charge in [0.15, 0.2) is 0 Å². The van der Waals surface area contributed by atoms with E-state index in [1.807, 2.05) is 0 Å². The van der Waals surface area contributed by atoms with E-state index in [9.17, 15) is 0 Å². The molecule has 0 spiro atoms. The fourth-order valence-electron chi connectivity index (χ4n) is 18.1. The van der Waals surface area contributed by atoms with Gasteiger partial charge in [0, 0.05) is 0 Å². The fourth-order valence-corrected chi connectivity index (χ4v) is 18.1. The largest absolute Gasteiger partial charge is 0.0610 e. The van der Waals surface area contributed by atoms with Crippen molar-refractivity contribution in [1.29, 1.82) is 0 Å². The van der Waals surface area contributed by atoms with E-state index >= 15 is 0 Å². The molecule has 0 heteroatoms. The Kier molecular flexibility index (Phi) is 9.92. The predicted octanol–water partition coefficient (Wildman–Crippen LogP) is 27.4. The van der Waals surface area contributed by atoms with Crippen LogP contribution in [-0.4, -0.2) is 0 Å². The van der Waals surface area contributed by atoms with Crippen LogP contribution in [0.5, 0.6) is 0 Å². The third-order valence-electron chi connectivity index (χ3n) is 22.3. The fraction of sp³-hybridized carbons (Fsp3) is 0. The van der Waals surface area contributed by atoms with Crippen LogP contribution in [0.15, 0.2) is 315 Å². The van der Waals surface area contributed by atoms with E-state index in [4.69, 9.17) is 0 Å². The minimum absolute atomic E-state index is 1.26. The molecule has 24 rings (SSSR count). The minimum atomic E-state index is 1.26. The molecule has 0 N–H and O–H groups in total. The second-order valence-electron chi connectivity index (χ2n) is 27.4. The van der Waals surface area contributed by atoms with E-state index < -0.39 is 0 Å². The number of hydrogen-bond donors (Lipinski definition) is 0. The Labute approximate surface area is 550 Å². The molecule has 0 aromatic heterocycles. The average Bonchev–Trinajstić information content (AvgIpc) is 0.744. The van der Waals surface area contributed by atoms with Crippen LogP contribution in [-0.2, 0) is 0 Å². The van der Waals surface area contributed by atoms with Gasteiger partial charge in [-0.05, 0) is 311 Å². The van der Waals surface area contributed by atoms with Crippen LogP contribution in [0.25, 0.3) is 238 Å². The van der Waals surface area contributed by atoms with Crippen molar-refractivity contribution in [3.8, 4) is 44.5 Å². The third-order valence-corrected chi connectivity index (χ3v) is 22.3. The van der Waals surface area contributed by atoms with E-state index in [0.29, 0.717) is 0 Å². The van der Waals surface area contributed by atoms with E-state index in [-0.39, 0.29) is 0 Å². The molecular weight excluding hydrogens is 1150 g/mol. The topological polar surface area (TPSA) is 0 Å². The standard InChI is InChI=1S/2C48H26/c1-3-27-7-9-31-15-19-39(41-21-17-29(5-1)43(27)47(31)41)37-23-33-11-13-35-25-38(26-36-14-12-34(24-37)45(33)46(35)36)40-20-16-32-10-8-28-4-2-6-30-18-22-42(40)48(32)44(28)30;1-3-27-7-11-31-19-39(20-32-12-8-28(4-1)43(27)45(31)32)41-23-35-15-17-37-25-42(26-38-18-16-36(24-41)47(35)48(37)38)40-21-33-13-9-29-5-2-6-30-10-14-34(22-40)46(33)44(29)30/h2*1-26H. The van der Waals surface area contributed by atoms with Gasteiger partial charge < -0.3 is 0 Å². The smallest absolute Gasteiger partial charge is 0.00206 e. The van der Waals surface area contributed by atoms with E-state index in [0.717, 1.165) is 0 Å². The van der Waals surface area contributed by atoms with E-state index in [2.05, 4.69) is 315 Å². The second-order valence-corrected chi connectivity index (χ2v) is 27.4. The molecule has 0 heterocycles. The first-order chi connectivity index (χ1) is 47.5. The van der Waals surface area contributed by atoms with Crippen molar-refractivity contribution in [3.63, 3.8) is 0 Å². The minimum Gasteiger partial charge on any atom is -0.0610 e. The van der Waals surface area contributed by atoms with Crippen molar-refractivity contribution >= 4 is 194 Å². The summed E-state index contributed by atoms with van der Waals surface area (Å²) in [7, 11) is 0. The molecule has 0 aliphatic heterocycles. The Bertz CT molecular complexity index is 6690. The Morgan fingerprint density at radius 1 is 0.104 bits per heavy atom. The lowest BCUT2D eigenvalue weighted by Gasteiger charge is -2.17. The van der Waals surface area contributed by atoms with Gasteiger partial charge in [0.25, 0.3) is 0 Å². The Hall–Kier alpha value is -12.5. The van der Waals surface area contributed by atoms with Crippen molar-refractivity contribution in [3.05, 3.63) is 315 Å². The summed E-state index contributed by atoms with van der Waals surface area (Å²) >= 11 is 0. The summed E-state index contributed by atoms with van der Waals surface area (Å²) in [5.74, 6) is 0. The average molecular weight is 1210 g/mol. The van der Waals surface area contributed by atoms with Gasteiger partial charge in [0.1, 0.15) is 0 Å². The van der Waals surface area contributed by atoms with Gasteiger partial charge in [-0.25, -0.2) is 0 Å². The zero-order chi connectivity index (χ0) is 62.2. The van der Waals surface area contributed by atoms with Crippen LogP contribution >= 0.6 is 0 Å². The lowest BCUT2D eigenvalue weighted by molar-refractivity contribution is 1.70.